The van der Waals surface area contributed by atoms with Gasteiger partial charge in [0, 0.05) is 6.61 Å². The summed E-state index contributed by atoms with van der Waals surface area (Å²) in [6, 6.07) is 0. The van der Waals surface area contributed by atoms with Crippen molar-refractivity contribution in [2.75, 3.05) is 6.61 Å². The molecule has 0 bridgehead atoms. The van der Waals surface area contributed by atoms with Crippen LogP contribution in [0, 0.1) is 0 Å². The second-order valence-corrected chi connectivity index (χ2v) is 2.61. The van der Waals surface area contributed by atoms with Crippen molar-refractivity contribution in [3.8, 4) is 0 Å². The standard InChI is InChI=1S/C10H18O2/c1-3-4-5-9-12-10(2)7-6-8-11/h5,7,9,11H,3-4,6,8H2,1-2H3. The van der Waals surface area contributed by atoms with Crippen LogP contribution in [0.3, 0.4) is 0 Å². The summed E-state index contributed by atoms with van der Waals surface area (Å²) in [7, 11) is 0. The minimum Gasteiger partial charge on any atom is -0.470 e. The van der Waals surface area contributed by atoms with Crippen LogP contribution in [-0.4, -0.2) is 11.7 Å². The molecule has 0 unspecified atom stereocenters. The lowest BCUT2D eigenvalue weighted by Gasteiger charge is -1.98. The van der Waals surface area contributed by atoms with Gasteiger partial charge < -0.3 is 9.84 Å². The molecule has 70 valence electrons. The van der Waals surface area contributed by atoms with E-state index in [1.54, 1.807) is 6.26 Å². The lowest BCUT2D eigenvalue weighted by Crippen LogP contribution is -1.82. The van der Waals surface area contributed by atoms with Crippen molar-refractivity contribution in [2.45, 2.75) is 33.1 Å². The molecule has 0 heterocycles. The van der Waals surface area contributed by atoms with Crippen molar-refractivity contribution in [3.05, 3.63) is 24.2 Å². The quantitative estimate of drug-likeness (QED) is 0.621. The van der Waals surface area contributed by atoms with E-state index in [4.69, 9.17) is 9.84 Å². The van der Waals surface area contributed by atoms with Crippen molar-refractivity contribution in [2.24, 2.45) is 0 Å². The first kappa shape index (κ1) is 11.2. The van der Waals surface area contributed by atoms with Gasteiger partial charge in [-0.2, -0.15) is 0 Å². The number of ether oxygens (including phenoxy) is 1. The fourth-order valence-electron chi connectivity index (χ4n) is 0.706. The Bertz CT molecular complexity index is 148. The third kappa shape index (κ3) is 7.35. The summed E-state index contributed by atoms with van der Waals surface area (Å²) in [6.07, 6.45) is 8.42. The number of aliphatic hydroxyl groups is 1. The zero-order valence-electron chi connectivity index (χ0n) is 7.92. The Kier molecular flexibility index (Phi) is 7.81. The van der Waals surface area contributed by atoms with Crippen molar-refractivity contribution in [1.29, 1.82) is 0 Å². The molecular formula is C10H18O2. The van der Waals surface area contributed by atoms with Crippen LogP contribution in [-0.2, 0) is 4.74 Å². The zero-order chi connectivity index (χ0) is 9.23. The lowest BCUT2D eigenvalue weighted by molar-refractivity contribution is 0.297. The summed E-state index contributed by atoms with van der Waals surface area (Å²) in [5, 5.41) is 8.51. The van der Waals surface area contributed by atoms with Crippen LogP contribution in [0.4, 0.5) is 0 Å². The van der Waals surface area contributed by atoms with Gasteiger partial charge in [-0.3, -0.25) is 0 Å². The molecule has 0 aliphatic heterocycles. The first-order valence-electron chi connectivity index (χ1n) is 4.40. The highest BCUT2D eigenvalue weighted by molar-refractivity contribution is 4.91. The molecule has 2 heteroatoms. The third-order valence-corrected chi connectivity index (χ3v) is 1.37. The first-order chi connectivity index (χ1) is 5.81. The number of rotatable bonds is 6. The third-order valence-electron chi connectivity index (χ3n) is 1.37. The lowest BCUT2D eigenvalue weighted by atomic mass is 10.3. The molecule has 0 rings (SSSR count). The van der Waals surface area contributed by atoms with E-state index in [2.05, 4.69) is 6.92 Å². The maximum atomic E-state index is 8.51. The highest BCUT2D eigenvalue weighted by Gasteiger charge is 1.84. The van der Waals surface area contributed by atoms with E-state index >= 15 is 0 Å². The van der Waals surface area contributed by atoms with Crippen molar-refractivity contribution >= 4 is 0 Å². The fourth-order valence-corrected chi connectivity index (χ4v) is 0.706. The van der Waals surface area contributed by atoms with Gasteiger partial charge in [0.1, 0.15) is 0 Å². The minimum absolute atomic E-state index is 0.180. The number of allylic oxidation sites excluding steroid dienone is 2. The molecule has 0 aliphatic carbocycles. The molecule has 0 radical (unpaired) electrons. The molecule has 0 aliphatic rings. The smallest absolute Gasteiger partial charge is 0.0962 e. The molecule has 0 atom stereocenters. The van der Waals surface area contributed by atoms with Crippen LogP contribution in [0.5, 0.6) is 0 Å². The summed E-state index contributed by atoms with van der Waals surface area (Å²) in [5.41, 5.74) is 0. The van der Waals surface area contributed by atoms with Gasteiger partial charge in [0.15, 0.2) is 0 Å². The van der Waals surface area contributed by atoms with Gasteiger partial charge in [-0.05, 0) is 31.9 Å². The van der Waals surface area contributed by atoms with Crippen molar-refractivity contribution in [3.63, 3.8) is 0 Å². The molecule has 0 aromatic heterocycles. The van der Waals surface area contributed by atoms with E-state index in [1.165, 1.54) is 0 Å². The highest BCUT2D eigenvalue weighted by Crippen LogP contribution is 1.99. The molecule has 0 amide bonds. The number of aliphatic hydroxyl groups excluding tert-OH is 1. The average Bonchev–Trinajstić information content (AvgIpc) is 2.09. The second-order valence-electron chi connectivity index (χ2n) is 2.61. The van der Waals surface area contributed by atoms with E-state index in [-0.39, 0.29) is 6.61 Å². The Morgan fingerprint density at radius 3 is 2.75 bits per heavy atom. The average molecular weight is 170 g/mol. The Balaban J connectivity index is 3.48. The van der Waals surface area contributed by atoms with Crippen molar-refractivity contribution in [1.82, 2.24) is 0 Å². The van der Waals surface area contributed by atoms with E-state index in [1.807, 2.05) is 19.1 Å². The zero-order valence-corrected chi connectivity index (χ0v) is 7.92. The molecule has 1 N–H and O–H groups in total. The SMILES string of the molecule is CCCC=COC(C)=CCCO. The van der Waals surface area contributed by atoms with Crippen LogP contribution in [0.15, 0.2) is 24.2 Å². The van der Waals surface area contributed by atoms with Crippen LogP contribution < -0.4 is 0 Å². The van der Waals surface area contributed by atoms with Gasteiger partial charge in [0.05, 0.1) is 12.0 Å². The minimum atomic E-state index is 0.180. The topological polar surface area (TPSA) is 29.5 Å². The maximum absolute atomic E-state index is 8.51. The summed E-state index contributed by atoms with van der Waals surface area (Å²) in [4.78, 5) is 0. The predicted molar refractivity (Wildman–Crippen MR) is 50.6 cm³/mol. The number of hydrogen-bond donors (Lipinski definition) is 1. The number of hydrogen-bond acceptors (Lipinski definition) is 2. The van der Waals surface area contributed by atoms with E-state index in [0.29, 0.717) is 6.42 Å². The van der Waals surface area contributed by atoms with Crippen LogP contribution >= 0.6 is 0 Å². The molecule has 0 saturated carbocycles. The Morgan fingerprint density at radius 2 is 2.17 bits per heavy atom. The predicted octanol–water partition coefficient (Wildman–Crippen LogP) is 2.60. The van der Waals surface area contributed by atoms with Crippen LogP contribution in [0.25, 0.3) is 0 Å². The largest absolute Gasteiger partial charge is 0.470 e. The molecule has 0 spiro atoms. The molecule has 0 saturated heterocycles. The summed E-state index contributed by atoms with van der Waals surface area (Å²) in [5.74, 6) is 0.844. The maximum Gasteiger partial charge on any atom is 0.0962 e. The van der Waals surface area contributed by atoms with E-state index < -0.39 is 0 Å². The van der Waals surface area contributed by atoms with Gasteiger partial charge in [0.25, 0.3) is 0 Å². The monoisotopic (exact) mass is 170 g/mol. The Labute approximate surface area is 74.6 Å². The normalized spacial score (nSPS) is 12.4. The van der Waals surface area contributed by atoms with E-state index in [9.17, 15) is 0 Å². The second kappa shape index (κ2) is 8.34. The van der Waals surface area contributed by atoms with E-state index in [0.717, 1.165) is 18.6 Å². The number of unbranched alkanes of at least 4 members (excludes halogenated alkanes) is 1. The molecule has 0 aromatic carbocycles. The van der Waals surface area contributed by atoms with Gasteiger partial charge >= 0.3 is 0 Å². The first-order valence-corrected chi connectivity index (χ1v) is 4.40. The molecule has 0 aromatic rings. The van der Waals surface area contributed by atoms with Crippen LogP contribution in [0.1, 0.15) is 33.1 Å². The Hall–Kier alpha value is -0.760. The molecule has 2 nitrogen and oxygen atoms in total. The summed E-state index contributed by atoms with van der Waals surface area (Å²) >= 11 is 0. The van der Waals surface area contributed by atoms with Gasteiger partial charge in [-0.1, -0.05) is 13.3 Å². The summed E-state index contributed by atoms with van der Waals surface area (Å²) < 4.78 is 5.22. The van der Waals surface area contributed by atoms with Gasteiger partial charge in [-0.25, -0.2) is 0 Å². The van der Waals surface area contributed by atoms with Crippen molar-refractivity contribution < 1.29 is 9.84 Å². The molecule has 0 fully saturated rings. The highest BCUT2D eigenvalue weighted by atomic mass is 16.5. The summed E-state index contributed by atoms with van der Waals surface area (Å²) in [6.45, 7) is 4.18. The Morgan fingerprint density at radius 1 is 1.42 bits per heavy atom. The van der Waals surface area contributed by atoms with Gasteiger partial charge in [-0.15, -0.1) is 0 Å². The van der Waals surface area contributed by atoms with Crippen LogP contribution in [0.2, 0.25) is 0 Å². The fraction of sp³-hybridized carbons (Fsp3) is 0.600. The molecule has 12 heavy (non-hydrogen) atoms. The van der Waals surface area contributed by atoms with Gasteiger partial charge in [0.2, 0.25) is 0 Å². The molecular weight excluding hydrogens is 152 g/mol.